The summed E-state index contributed by atoms with van der Waals surface area (Å²) in [4.78, 5) is 0. The first-order valence-electron chi connectivity index (χ1n) is 4.82. The van der Waals surface area contributed by atoms with Gasteiger partial charge in [0.05, 0.1) is 0 Å². The molecule has 0 aliphatic heterocycles. The Morgan fingerprint density at radius 2 is 2.18 bits per heavy atom. The minimum atomic E-state index is 0.534. The van der Waals surface area contributed by atoms with Gasteiger partial charge in [-0.1, -0.05) is 32.9 Å². The second-order valence-corrected chi connectivity index (χ2v) is 4.69. The molecular formula is C11H18. The van der Waals surface area contributed by atoms with Gasteiger partial charge in [0, 0.05) is 0 Å². The Bertz CT molecular complexity index is 204. The Hall–Kier alpha value is -0.260. The number of hydrogen-bond acceptors (Lipinski definition) is 0. The van der Waals surface area contributed by atoms with E-state index in [1.54, 1.807) is 0 Å². The molecule has 62 valence electrons. The molecule has 0 aromatic carbocycles. The van der Waals surface area contributed by atoms with Crippen LogP contribution >= 0.6 is 0 Å². The lowest BCUT2D eigenvalue weighted by molar-refractivity contribution is 0.147. The first kappa shape index (κ1) is 7.39. The normalized spacial score (nSPS) is 53.9. The molecule has 0 saturated heterocycles. The molecule has 2 bridgehead atoms. The lowest BCUT2D eigenvalue weighted by Gasteiger charge is -2.37. The van der Waals surface area contributed by atoms with E-state index in [0.29, 0.717) is 10.8 Å². The highest BCUT2D eigenvalue weighted by molar-refractivity contribution is 5.23. The van der Waals surface area contributed by atoms with Crippen molar-refractivity contribution in [3.05, 3.63) is 12.2 Å². The van der Waals surface area contributed by atoms with Crippen LogP contribution in [0.25, 0.3) is 0 Å². The summed E-state index contributed by atoms with van der Waals surface area (Å²) in [7, 11) is 0. The van der Waals surface area contributed by atoms with Crippen LogP contribution in [0.1, 0.15) is 40.0 Å². The van der Waals surface area contributed by atoms with Gasteiger partial charge in [-0.3, -0.25) is 0 Å². The molecule has 0 heteroatoms. The van der Waals surface area contributed by atoms with Crippen LogP contribution in [0.2, 0.25) is 0 Å². The van der Waals surface area contributed by atoms with Gasteiger partial charge in [0.15, 0.2) is 0 Å². The highest BCUT2D eigenvalue weighted by Crippen LogP contribution is 2.63. The van der Waals surface area contributed by atoms with Crippen LogP contribution in [0, 0.1) is 16.7 Å². The van der Waals surface area contributed by atoms with E-state index >= 15 is 0 Å². The molecule has 0 heterocycles. The first-order chi connectivity index (χ1) is 5.12. The number of hydrogen-bond donors (Lipinski definition) is 0. The third-order valence-electron chi connectivity index (χ3n) is 4.53. The predicted molar refractivity (Wildman–Crippen MR) is 48.4 cm³/mol. The number of fused-ring (bicyclic) bond motifs is 2. The molecule has 2 rings (SSSR count). The largest absolute Gasteiger partial charge is 0.0843 e. The third-order valence-corrected chi connectivity index (χ3v) is 4.53. The van der Waals surface area contributed by atoms with Crippen molar-refractivity contribution in [2.24, 2.45) is 16.7 Å². The molecule has 0 aromatic rings. The van der Waals surface area contributed by atoms with E-state index in [0.717, 1.165) is 5.92 Å². The molecule has 1 fully saturated rings. The number of rotatable bonds is 1. The van der Waals surface area contributed by atoms with E-state index in [1.165, 1.54) is 19.3 Å². The molecule has 0 radical (unpaired) electrons. The summed E-state index contributed by atoms with van der Waals surface area (Å²) in [5, 5.41) is 0. The van der Waals surface area contributed by atoms with Crippen molar-refractivity contribution in [3.8, 4) is 0 Å². The quantitative estimate of drug-likeness (QED) is 0.503. The Kier molecular flexibility index (Phi) is 1.28. The molecule has 0 nitrogen and oxygen atoms in total. The van der Waals surface area contributed by atoms with Gasteiger partial charge in [0.25, 0.3) is 0 Å². The summed E-state index contributed by atoms with van der Waals surface area (Å²) in [5.41, 5.74) is 1.12. The SMILES string of the molecule is CCC1(C)C2C=CC1(C)CC2. The van der Waals surface area contributed by atoms with Crippen LogP contribution in [0.15, 0.2) is 12.2 Å². The molecule has 2 aliphatic rings. The smallest absolute Gasteiger partial charge is 0.00869 e. The molecular weight excluding hydrogens is 132 g/mol. The molecule has 2 aliphatic carbocycles. The summed E-state index contributed by atoms with van der Waals surface area (Å²) in [6.07, 6.45) is 9.09. The Labute approximate surface area is 69.7 Å². The second-order valence-electron chi connectivity index (χ2n) is 4.69. The highest BCUT2D eigenvalue weighted by Gasteiger charge is 2.54. The monoisotopic (exact) mass is 150 g/mol. The van der Waals surface area contributed by atoms with Crippen molar-refractivity contribution in [3.63, 3.8) is 0 Å². The topological polar surface area (TPSA) is 0 Å². The molecule has 3 unspecified atom stereocenters. The Morgan fingerprint density at radius 3 is 2.36 bits per heavy atom. The van der Waals surface area contributed by atoms with Gasteiger partial charge >= 0.3 is 0 Å². The minimum Gasteiger partial charge on any atom is -0.0843 e. The van der Waals surface area contributed by atoms with E-state index in [1.807, 2.05) is 0 Å². The summed E-state index contributed by atoms with van der Waals surface area (Å²) in [6.45, 7) is 7.23. The maximum Gasteiger partial charge on any atom is -0.00869 e. The van der Waals surface area contributed by atoms with Crippen molar-refractivity contribution in [2.75, 3.05) is 0 Å². The molecule has 1 saturated carbocycles. The van der Waals surface area contributed by atoms with E-state index in [2.05, 4.69) is 32.9 Å². The fraction of sp³-hybridized carbons (Fsp3) is 0.818. The van der Waals surface area contributed by atoms with Crippen molar-refractivity contribution < 1.29 is 0 Å². The van der Waals surface area contributed by atoms with E-state index in [9.17, 15) is 0 Å². The molecule has 0 spiro atoms. The summed E-state index contributed by atoms with van der Waals surface area (Å²) in [6, 6.07) is 0. The van der Waals surface area contributed by atoms with Crippen molar-refractivity contribution in [1.29, 1.82) is 0 Å². The zero-order valence-electron chi connectivity index (χ0n) is 7.85. The van der Waals surface area contributed by atoms with Crippen LogP contribution in [0.3, 0.4) is 0 Å². The van der Waals surface area contributed by atoms with Crippen LogP contribution in [0.4, 0.5) is 0 Å². The van der Waals surface area contributed by atoms with Gasteiger partial charge in [-0.05, 0) is 36.0 Å². The van der Waals surface area contributed by atoms with E-state index in [4.69, 9.17) is 0 Å². The van der Waals surface area contributed by atoms with Crippen molar-refractivity contribution in [2.45, 2.75) is 40.0 Å². The van der Waals surface area contributed by atoms with Crippen LogP contribution in [-0.2, 0) is 0 Å². The molecule has 11 heavy (non-hydrogen) atoms. The standard InChI is InChI=1S/C11H18/c1-4-11(3)9-5-7-10(11,2)8-6-9/h5,7,9H,4,6,8H2,1-3H3. The zero-order chi connectivity index (χ0) is 8.11. The lowest BCUT2D eigenvalue weighted by Crippen LogP contribution is -2.30. The Balaban J connectivity index is 2.40. The molecule has 3 atom stereocenters. The fourth-order valence-electron chi connectivity index (χ4n) is 3.06. The van der Waals surface area contributed by atoms with Gasteiger partial charge in [0.2, 0.25) is 0 Å². The van der Waals surface area contributed by atoms with Crippen LogP contribution < -0.4 is 0 Å². The van der Waals surface area contributed by atoms with Gasteiger partial charge in [-0.15, -0.1) is 0 Å². The number of allylic oxidation sites excluding steroid dienone is 2. The third kappa shape index (κ3) is 0.660. The summed E-state index contributed by atoms with van der Waals surface area (Å²) in [5.74, 6) is 0.887. The van der Waals surface area contributed by atoms with Crippen molar-refractivity contribution in [1.82, 2.24) is 0 Å². The lowest BCUT2D eigenvalue weighted by atomic mass is 9.67. The predicted octanol–water partition coefficient (Wildman–Crippen LogP) is 3.39. The van der Waals surface area contributed by atoms with Crippen molar-refractivity contribution >= 4 is 0 Å². The van der Waals surface area contributed by atoms with E-state index in [-0.39, 0.29) is 0 Å². The molecule has 0 amide bonds. The maximum atomic E-state index is 2.46. The van der Waals surface area contributed by atoms with E-state index < -0.39 is 0 Å². The fourth-order valence-corrected chi connectivity index (χ4v) is 3.06. The summed E-state index contributed by atoms with van der Waals surface area (Å²) >= 11 is 0. The maximum absolute atomic E-state index is 2.46. The minimum absolute atomic E-state index is 0.534. The van der Waals surface area contributed by atoms with Gasteiger partial charge in [0.1, 0.15) is 0 Å². The average Bonchev–Trinajstić information content (AvgIpc) is 2.39. The van der Waals surface area contributed by atoms with Crippen LogP contribution in [-0.4, -0.2) is 0 Å². The van der Waals surface area contributed by atoms with Gasteiger partial charge in [-0.2, -0.15) is 0 Å². The second kappa shape index (κ2) is 1.91. The molecule has 0 N–H and O–H groups in total. The highest BCUT2D eigenvalue weighted by atomic mass is 14.6. The zero-order valence-corrected chi connectivity index (χ0v) is 7.85. The van der Waals surface area contributed by atoms with Crippen LogP contribution in [0.5, 0.6) is 0 Å². The van der Waals surface area contributed by atoms with Gasteiger partial charge in [-0.25, -0.2) is 0 Å². The summed E-state index contributed by atoms with van der Waals surface area (Å²) < 4.78 is 0. The Morgan fingerprint density at radius 1 is 1.45 bits per heavy atom. The first-order valence-corrected chi connectivity index (χ1v) is 4.82. The average molecular weight is 150 g/mol. The van der Waals surface area contributed by atoms with Gasteiger partial charge < -0.3 is 0 Å². The molecule has 0 aromatic heterocycles.